The van der Waals surface area contributed by atoms with Crippen molar-refractivity contribution < 1.29 is 24.5 Å². The monoisotopic (exact) mass is 574 g/mol. The van der Waals surface area contributed by atoms with E-state index < -0.39 is 34.5 Å². The molecule has 0 spiro atoms. The number of carbonyl (C=O) groups is 1. The molecular formula is C28H38N4O7S. The lowest BCUT2D eigenvalue weighted by atomic mass is 10.0. The van der Waals surface area contributed by atoms with Crippen molar-refractivity contribution in [2.24, 2.45) is 0 Å². The maximum Gasteiger partial charge on any atom is 0.333 e. The second-order valence-electron chi connectivity index (χ2n) is 11.1. The van der Waals surface area contributed by atoms with Crippen molar-refractivity contribution in [2.45, 2.75) is 79.2 Å². The Hall–Kier alpha value is -3.48. The van der Waals surface area contributed by atoms with Gasteiger partial charge in [-0.05, 0) is 61.5 Å². The highest BCUT2D eigenvalue weighted by Crippen LogP contribution is 2.32. The number of fused-ring (bicyclic) bond motifs is 1. The molecule has 0 amide bonds. The topological polar surface area (TPSA) is 138 Å². The number of methoxy groups -OCH3 is 1. The molecule has 3 heterocycles. The normalized spacial score (nSPS) is 13.8. The molecule has 3 aromatic heterocycles. The average Bonchev–Trinajstić information content (AvgIpc) is 3.49. The van der Waals surface area contributed by atoms with Gasteiger partial charge in [-0.1, -0.05) is 23.0 Å². The second kappa shape index (κ2) is 11.6. The second-order valence-corrected chi connectivity index (χ2v) is 12.1. The summed E-state index contributed by atoms with van der Waals surface area (Å²) >= 11 is 1.20. The number of aliphatic carboxylic acids is 1. The summed E-state index contributed by atoms with van der Waals surface area (Å²) in [5, 5.41) is 25.5. The van der Waals surface area contributed by atoms with Crippen molar-refractivity contribution in [2.75, 3.05) is 13.7 Å². The number of aliphatic hydroxyl groups is 1. The van der Waals surface area contributed by atoms with E-state index in [2.05, 4.69) is 5.10 Å². The van der Waals surface area contributed by atoms with Crippen molar-refractivity contribution in [3.05, 3.63) is 67.8 Å². The SMILES string of the molecule is CO/C(C)=C(/C=C(C)C)[C@H](Cn1c(=O)n(C(C)(C)C(=O)O)c(=O)c2c(C)c(-n3cccn3)sc21)OCC(C)(C)O. The van der Waals surface area contributed by atoms with Crippen LogP contribution in [-0.2, 0) is 26.4 Å². The molecule has 0 saturated carbocycles. The summed E-state index contributed by atoms with van der Waals surface area (Å²) in [6, 6.07) is 1.74. The number of aryl methyl sites for hydroxylation is 1. The third-order valence-corrected chi connectivity index (χ3v) is 7.78. The zero-order valence-corrected chi connectivity index (χ0v) is 25.3. The molecule has 11 nitrogen and oxygen atoms in total. The maximum atomic E-state index is 14.1. The van der Waals surface area contributed by atoms with Gasteiger partial charge in [-0.15, -0.1) is 0 Å². The number of aromatic nitrogens is 4. The van der Waals surface area contributed by atoms with Crippen LogP contribution in [0.2, 0.25) is 0 Å². The number of hydrogen-bond donors (Lipinski definition) is 2. The highest BCUT2D eigenvalue weighted by atomic mass is 32.1. The Morgan fingerprint density at radius 3 is 2.35 bits per heavy atom. The molecule has 0 unspecified atom stereocenters. The van der Waals surface area contributed by atoms with E-state index in [9.17, 15) is 24.6 Å². The Bertz CT molecular complexity index is 1580. The first-order chi connectivity index (χ1) is 18.5. The van der Waals surface area contributed by atoms with Crippen LogP contribution in [0.1, 0.15) is 54.0 Å². The van der Waals surface area contributed by atoms with E-state index in [0.29, 0.717) is 26.7 Å². The molecule has 3 aromatic rings. The van der Waals surface area contributed by atoms with Crippen molar-refractivity contribution in [1.82, 2.24) is 18.9 Å². The molecule has 0 aliphatic rings. The van der Waals surface area contributed by atoms with E-state index in [1.54, 1.807) is 50.8 Å². The van der Waals surface area contributed by atoms with Crippen LogP contribution in [0.5, 0.6) is 0 Å². The van der Waals surface area contributed by atoms with Crippen molar-refractivity contribution in [3.8, 4) is 5.00 Å². The summed E-state index contributed by atoms with van der Waals surface area (Å²) in [6.45, 7) is 13.0. The lowest BCUT2D eigenvalue weighted by Crippen LogP contribution is -2.53. The standard InChI is InChI=1S/C28H38N4O7S/c1-16(2)13-19(18(4)38-9)20(39-15-27(5,6)37)14-30-24-21(17(3)23(40-24)31-12-10-11-29-31)22(33)32(26(30)36)28(7,8)25(34)35/h10-13,20,37H,14-15H2,1-9H3,(H,34,35)/b19-18-/t20-/m0/s1. The summed E-state index contributed by atoms with van der Waals surface area (Å²) in [5.41, 5.74) is -2.34. The van der Waals surface area contributed by atoms with Gasteiger partial charge in [0.25, 0.3) is 5.56 Å². The van der Waals surface area contributed by atoms with Crippen LogP contribution in [0.3, 0.4) is 0 Å². The van der Waals surface area contributed by atoms with Crippen LogP contribution in [0.15, 0.2) is 51.0 Å². The van der Waals surface area contributed by atoms with Gasteiger partial charge in [-0.3, -0.25) is 9.36 Å². The highest BCUT2D eigenvalue weighted by Gasteiger charge is 2.36. The number of thiophene rings is 1. The molecule has 0 saturated heterocycles. The number of carboxylic acids is 1. The first-order valence-corrected chi connectivity index (χ1v) is 13.6. The van der Waals surface area contributed by atoms with Gasteiger partial charge in [0.15, 0.2) is 0 Å². The third-order valence-electron chi connectivity index (χ3n) is 6.47. The van der Waals surface area contributed by atoms with E-state index in [4.69, 9.17) is 9.47 Å². The molecule has 0 aliphatic carbocycles. The molecular weight excluding hydrogens is 536 g/mol. The predicted molar refractivity (Wildman–Crippen MR) is 154 cm³/mol. The summed E-state index contributed by atoms with van der Waals surface area (Å²) in [4.78, 5) is 40.5. The van der Waals surface area contributed by atoms with E-state index in [1.807, 2.05) is 19.9 Å². The van der Waals surface area contributed by atoms with E-state index in [0.717, 1.165) is 10.1 Å². The number of allylic oxidation sites excluding steroid dienone is 2. The lowest BCUT2D eigenvalue weighted by molar-refractivity contribution is -0.146. The Labute approximate surface area is 236 Å². The number of carboxylic acid groups (broad SMARTS) is 1. The summed E-state index contributed by atoms with van der Waals surface area (Å²) in [6.07, 6.45) is 4.42. The van der Waals surface area contributed by atoms with E-state index in [-0.39, 0.29) is 18.5 Å². The Morgan fingerprint density at radius 2 is 1.85 bits per heavy atom. The molecule has 0 bridgehead atoms. The maximum absolute atomic E-state index is 14.1. The first kappa shape index (κ1) is 31.1. The molecule has 3 rings (SSSR count). The fourth-order valence-corrected chi connectivity index (χ4v) is 5.50. The highest BCUT2D eigenvalue weighted by molar-refractivity contribution is 7.21. The van der Waals surface area contributed by atoms with Gasteiger partial charge >= 0.3 is 11.7 Å². The summed E-state index contributed by atoms with van der Waals surface area (Å²) in [7, 11) is 1.53. The molecule has 0 fully saturated rings. The molecule has 40 heavy (non-hydrogen) atoms. The molecule has 12 heteroatoms. The molecule has 0 aliphatic heterocycles. The van der Waals surface area contributed by atoms with Gasteiger partial charge < -0.3 is 19.7 Å². The molecule has 0 radical (unpaired) electrons. The van der Waals surface area contributed by atoms with E-state index >= 15 is 0 Å². The summed E-state index contributed by atoms with van der Waals surface area (Å²) < 4.78 is 15.5. The zero-order chi connectivity index (χ0) is 30.2. The average molecular weight is 575 g/mol. The van der Waals surface area contributed by atoms with Gasteiger partial charge in [0.05, 0.1) is 37.0 Å². The van der Waals surface area contributed by atoms with Gasteiger partial charge in [0, 0.05) is 23.5 Å². The number of nitrogens with zero attached hydrogens (tertiary/aromatic N) is 4. The van der Waals surface area contributed by atoms with Gasteiger partial charge in [-0.25, -0.2) is 18.8 Å². The Balaban J connectivity index is 2.43. The van der Waals surface area contributed by atoms with Crippen LogP contribution in [0.25, 0.3) is 15.2 Å². The Kier molecular flexibility index (Phi) is 8.97. The summed E-state index contributed by atoms with van der Waals surface area (Å²) in [5.74, 6) is -0.780. The van der Waals surface area contributed by atoms with Gasteiger partial charge in [0.2, 0.25) is 0 Å². The Morgan fingerprint density at radius 1 is 1.20 bits per heavy atom. The smallest absolute Gasteiger partial charge is 0.333 e. The lowest BCUT2D eigenvalue weighted by Gasteiger charge is -2.28. The van der Waals surface area contributed by atoms with Crippen molar-refractivity contribution in [1.29, 1.82) is 0 Å². The minimum Gasteiger partial charge on any atom is -0.501 e. The molecule has 1 atom stereocenters. The van der Waals surface area contributed by atoms with Crippen molar-refractivity contribution >= 4 is 27.5 Å². The van der Waals surface area contributed by atoms with Crippen molar-refractivity contribution in [3.63, 3.8) is 0 Å². The van der Waals surface area contributed by atoms with Gasteiger partial charge in [0.1, 0.15) is 21.5 Å². The minimum absolute atomic E-state index is 0.0606. The first-order valence-electron chi connectivity index (χ1n) is 12.8. The zero-order valence-electron chi connectivity index (χ0n) is 24.4. The van der Waals surface area contributed by atoms with Crippen LogP contribution >= 0.6 is 11.3 Å². The fraction of sp³-hybridized carbons (Fsp3) is 0.500. The quantitative estimate of drug-likeness (QED) is 0.262. The van der Waals surface area contributed by atoms with Crippen LogP contribution in [0.4, 0.5) is 0 Å². The third kappa shape index (κ3) is 6.13. The molecule has 2 N–H and O–H groups in total. The van der Waals surface area contributed by atoms with Crippen LogP contribution in [0, 0.1) is 6.92 Å². The number of hydrogen-bond acceptors (Lipinski definition) is 8. The number of ether oxygens (including phenoxy) is 2. The molecule has 218 valence electrons. The number of rotatable bonds is 11. The fourth-order valence-electron chi connectivity index (χ4n) is 4.25. The van der Waals surface area contributed by atoms with Crippen LogP contribution < -0.4 is 11.2 Å². The molecule has 0 aromatic carbocycles. The predicted octanol–water partition coefficient (Wildman–Crippen LogP) is 3.58. The largest absolute Gasteiger partial charge is 0.501 e. The van der Waals surface area contributed by atoms with Crippen LogP contribution in [-0.4, -0.2) is 60.5 Å². The minimum atomic E-state index is -1.84. The van der Waals surface area contributed by atoms with Gasteiger partial charge in [-0.2, -0.15) is 5.10 Å². The van der Waals surface area contributed by atoms with E-state index in [1.165, 1.54) is 36.9 Å².